The third-order valence-electron chi connectivity index (χ3n) is 7.84. The van der Waals surface area contributed by atoms with Gasteiger partial charge in [-0.3, -0.25) is 38.7 Å². The number of anilines is 1. The molecule has 1 aromatic heterocycles. The van der Waals surface area contributed by atoms with Gasteiger partial charge in [-0.15, -0.1) is 0 Å². The highest BCUT2D eigenvalue weighted by molar-refractivity contribution is 6.12. The third-order valence-corrected chi connectivity index (χ3v) is 7.84. The number of aromatic amines is 1. The average molecular weight is 731 g/mol. The molecule has 0 aliphatic carbocycles. The molecule has 3 atom stereocenters. The second kappa shape index (κ2) is 19.6. The number of carbonyl (C=O) groups excluding carboxylic acids is 6. The summed E-state index contributed by atoms with van der Waals surface area (Å²) in [6.07, 6.45) is 3.03. The molecule has 0 radical (unpaired) electrons. The number of primary amides is 1. The van der Waals surface area contributed by atoms with Crippen molar-refractivity contribution in [1.82, 2.24) is 30.4 Å². The van der Waals surface area contributed by atoms with Gasteiger partial charge in [0.05, 0.1) is 12.8 Å². The molecule has 8 N–H and O–H groups in total. The van der Waals surface area contributed by atoms with Crippen LogP contribution in [0.2, 0.25) is 0 Å². The molecule has 282 valence electrons. The fraction of sp³-hybridized carbons (Fsp3) is 0.455. The summed E-state index contributed by atoms with van der Waals surface area (Å²) in [5, 5.41) is 20.6. The van der Waals surface area contributed by atoms with Crippen molar-refractivity contribution in [2.45, 2.75) is 77.5 Å². The maximum atomic E-state index is 13.5. The molecule has 7 amide bonds. The molecular formula is C33H43FN8O10. The molecule has 52 heavy (non-hydrogen) atoms. The molecule has 1 aliphatic rings. The van der Waals surface area contributed by atoms with Gasteiger partial charge in [0, 0.05) is 37.3 Å². The van der Waals surface area contributed by atoms with Crippen LogP contribution >= 0.6 is 0 Å². The number of aliphatic hydroxyl groups is 1. The molecule has 19 heteroatoms. The monoisotopic (exact) mass is 730 g/mol. The van der Waals surface area contributed by atoms with E-state index in [4.69, 9.17) is 10.5 Å². The van der Waals surface area contributed by atoms with Crippen LogP contribution in [-0.2, 0) is 35.3 Å². The Balaban J connectivity index is 1.56. The fourth-order valence-corrected chi connectivity index (χ4v) is 5.00. The van der Waals surface area contributed by atoms with Gasteiger partial charge in [0.25, 0.3) is 17.4 Å². The lowest BCUT2D eigenvalue weighted by Gasteiger charge is -2.25. The standard InChI is InChI=1S/C33H43FN8O10/c1-19(2)27(39-24(43)8-4-3-5-16-41-25(44)13-14-26(41)45)30(48)38-23(7-6-15-36-31(35)49)29(47)37-21-11-9-20(10-12-21)18-52-33(51)42-17-22(34)28(46)40-32(42)50/h9-14,17,19,23,27,33,51H,3-8,15-16,18H2,1-2H3,(H,37,47)(H,38,48)(H,39,43)(H3,35,36,49)(H,40,46,50)/t23-,27-,33?/m0/s1. The van der Waals surface area contributed by atoms with Gasteiger partial charge in [-0.05, 0) is 49.3 Å². The lowest BCUT2D eigenvalue weighted by atomic mass is 10.0. The Kier molecular flexibility index (Phi) is 15.4. The lowest BCUT2D eigenvalue weighted by Crippen LogP contribution is -2.54. The number of ether oxygens (including phenoxy) is 1. The van der Waals surface area contributed by atoms with Gasteiger partial charge in [-0.1, -0.05) is 32.4 Å². The molecule has 0 spiro atoms. The van der Waals surface area contributed by atoms with Crippen LogP contribution in [0.5, 0.6) is 0 Å². The van der Waals surface area contributed by atoms with Crippen LogP contribution in [0, 0.1) is 11.7 Å². The summed E-state index contributed by atoms with van der Waals surface area (Å²) in [5.74, 6) is -3.95. The first kappa shape index (κ1) is 40.7. The Morgan fingerprint density at radius 1 is 0.942 bits per heavy atom. The lowest BCUT2D eigenvalue weighted by molar-refractivity contribution is -0.164. The summed E-state index contributed by atoms with van der Waals surface area (Å²) in [6.45, 7) is 3.60. The van der Waals surface area contributed by atoms with Crippen molar-refractivity contribution in [3.05, 3.63) is 74.8 Å². The number of nitrogens with one attached hydrogen (secondary N) is 5. The number of rotatable bonds is 20. The van der Waals surface area contributed by atoms with E-state index in [0.29, 0.717) is 41.3 Å². The molecule has 3 rings (SSSR count). The average Bonchev–Trinajstić information content (AvgIpc) is 3.41. The van der Waals surface area contributed by atoms with E-state index in [1.165, 1.54) is 36.4 Å². The Labute approximate surface area is 297 Å². The summed E-state index contributed by atoms with van der Waals surface area (Å²) in [7, 11) is 0. The van der Waals surface area contributed by atoms with Gasteiger partial charge in [0.1, 0.15) is 12.1 Å². The molecule has 1 unspecified atom stereocenters. The molecule has 1 aliphatic heterocycles. The predicted octanol–water partition coefficient (Wildman–Crippen LogP) is -0.161. The molecule has 0 saturated carbocycles. The van der Waals surface area contributed by atoms with Crippen LogP contribution in [0.15, 0.2) is 52.2 Å². The maximum absolute atomic E-state index is 13.5. The van der Waals surface area contributed by atoms with Gasteiger partial charge in [-0.25, -0.2) is 14.2 Å². The van der Waals surface area contributed by atoms with Crippen molar-refractivity contribution in [3.8, 4) is 0 Å². The molecule has 18 nitrogen and oxygen atoms in total. The van der Waals surface area contributed by atoms with E-state index < -0.39 is 53.4 Å². The minimum atomic E-state index is -1.91. The minimum Gasteiger partial charge on any atom is -0.352 e. The summed E-state index contributed by atoms with van der Waals surface area (Å²) < 4.78 is 19.2. The fourth-order valence-electron chi connectivity index (χ4n) is 5.00. The van der Waals surface area contributed by atoms with E-state index in [2.05, 4.69) is 21.3 Å². The quantitative estimate of drug-likeness (QED) is 0.0538. The molecule has 0 saturated heterocycles. The van der Waals surface area contributed by atoms with Gasteiger partial charge >= 0.3 is 11.7 Å². The van der Waals surface area contributed by atoms with Gasteiger partial charge in [0.2, 0.25) is 30.0 Å². The van der Waals surface area contributed by atoms with Crippen molar-refractivity contribution >= 4 is 41.3 Å². The zero-order valence-electron chi connectivity index (χ0n) is 28.7. The smallest absolute Gasteiger partial charge is 0.332 e. The number of imide groups is 1. The summed E-state index contributed by atoms with van der Waals surface area (Å²) in [4.78, 5) is 99.8. The molecule has 0 fully saturated rings. The second-order valence-electron chi connectivity index (χ2n) is 12.2. The first-order valence-electron chi connectivity index (χ1n) is 16.5. The van der Waals surface area contributed by atoms with Crippen LogP contribution < -0.4 is 38.2 Å². The van der Waals surface area contributed by atoms with Gasteiger partial charge in [-0.2, -0.15) is 4.39 Å². The molecule has 1 aromatic carbocycles. The van der Waals surface area contributed by atoms with E-state index in [1.54, 1.807) is 18.8 Å². The van der Waals surface area contributed by atoms with E-state index in [1.807, 2.05) is 0 Å². The number of nitrogens with two attached hydrogens (primary N) is 1. The Morgan fingerprint density at radius 3 is 2.25 bits per heavy atom. The summed E-state index contributed by atoms with van der Waals surface area (Å²) in [5.41, 5.74) is 3.61. The normalized spacial score (nSPS) is 14.2. The highest BCUT2D eigenvalue weighted by Gasteiger charge is 2.29. The second-order valence-corrected chi connectivity index (χ2v) is 12.2. The predicted molar refractivity (Wildman–Crippen MR) is 182 cm³/mol. The van der Waals surface area contributed by atoms with Crippen molar-refractivity contribution in [1.29, 1.82) is 0 Å². The highest BCUT2D eigenvalue weighted by atomic mass is 19.1. The molecule has 2 aromatic rings. The number of nitrogens with zero attached hydrogens (tertiary/aromatic N) is 2. The number of hydrogen-bond donors (Lipinski definition) is 7. The number of unbranched alkanes of at least 4 members (excludes halogenated alkanes) is 2. The number of carbonyl (C=O) groups is 6. The van der Waals surface area contributed by atoms with E-state index >= 15 is 0 Å². The maximum Gasteiger partial charge on any atom is 0.332 e. The van der Waals surface area contributed by atoms with Crippen LogP contribution in [-0.4, -0.2) is 80.3 Å². The zero-order chi connectivity index (χ0) is 38.4. The van der Waals surface area contributed by atoms with E-state index in [9.17, 15) is 47.9 Å². The Hall–Kier alpha value is -5.69. The van der Waals surface area contributed by atoms with Gasteiger partial charge in [0.15, 0.2) is 0 Å². The number of aromatic nitrogens is 2. The van der Waals surface area contributed by atoms with Crippen LogP contribution in [0.3, 0.4) is 0 Å². The largest absolute Gasteiger partial charge is 0.352 e. The van der Waals surface area contributed by atoms with Crippen molar-refractivity contribution < 1.29 is 43.0 Å². The topological polar surface area (TPSA) is 264 Å². The van der Waals surface area contributed by atoms with Crippen LogP contribution in [0.25, 0.3) is 0 Å². The van der Waals surface area contributed by atoms with Crippen LogP contribution in [0.4, 0.5) is 14.9 Å². The molecular weight excluding hydrogens is 687 g/mol. The third kappa shape index (κ3) is 12.6. The number of aliphatic hydroxyl groups excluding tert-OH is 1. The van der Waals surface area contributed by atoms with Gasteiger partial charge < -0.3 is 36.8 Å². The van der Waals surface area contributed by atoms with Crippen molar-refractivity contribution in [3.63, 3.8) is 0 Å². The summed E-state index contributed by atoms with van der Waals surface area (Å²) in [6, 6.07) is 3.29. The van der Waals surface area contributed by atoms with E-state index in [-0.39, 0.29) is 62.6 Å². The van der Waals surface area contributed by atoms with Crippen molar-refractivity contribution in [2.75, 3.05) is 18.4 Å². The summed E-state index contributed by atoms with van der Waals surface area (Å²) >= 11 is 0. The Bertz CT molecular complexity index is 1740. The number of hydrogen-bond acceptors (Lipinski definition) is 10. The number of H-pyrrole nitrogens is 1. The molecule has 0 bridgehead atoms. The Morgan fingerprint density at radius 2 is 1.62 bits per heavy atom. The first-order valence-corrected chi connectivity index (χ1v) is 16.5. The zero-order valence-corrected chi connectivity index (χ0v) is 28.7. The SMILES string of the molecule is CC(C)[C@H](NC(=O)CCCCCN1C(=O)C=CC1=O)C(=O)N[C@@H](CCCNC(N)=O)C(=O)Nc1ccc(COC(O)n2cc(F)c(=O)[nH]c2=O)cc1. The first-order chi connectivity index (χ1) is 24.7. The number of urea groups is 1. The number of halogens is 1. The highest BCUT2D eigenvalue weighted by Crippen LogP contribution is 2.15. The minimum absolute atomic E-state index is 0.0999. The number of benzene rings is 1. The van der Waals surface area contributed by atoms with E-state index in [0.717, 1.165) is 4.90 Å². The van der Waals surface area contributed by atoms with Crippen LogP contribution in [0.1, 0.15) is 64.3 Å². The molecule has 2 heterocycles. The van der Waals surface area contributed by atoms with Crippen molar-refractivity contribution in [2.24, 2.45) is 11.7 Å². The number of amides is 7.